The Kier molecular flexibility index (Phi) is 5.18. The molecule has 2 aromatic rings. The van der Waals surface area contributed by atoms with Gasteiger partial charge in [0, 0.05) is 26.1 Å². The molecule has 7 heteroatoms. The highest BCUT2D eigenvalue weighted by Crippen LogP contribution is 2.22. The van der Waals surface area contributed by atoms with Gasteiger partial charge in [-0.15, -0.1) is 0 Å². The second kappa shape index (κ2) is 7.51. The summed E-state index contributed by atoms with van der Waals surface area (Å²) >= 11 is 0. The number of ether oxygens (including phenoxy) is 1. The first-order valence-corrected chi connectivity index (χ1v) is 8.13. The lowest BCUT2D eigenvalue weighted by Crippen LogP contribution is -2.38. The van der Waals surface area contributed by atoms with E-state index in [1.165, 1.54) is 12.1 Å². The predicted molar refractivity (Wildman–Crippen MR) is 85.5 cm³/mol. The zero-order valence-corrected chi connectivity index (χ0v) is 13.6. The number of nitriles is 1. The first-order valence-electron chi connectivity index (χ1n) is 8.13. The molecule has 0 amide bonds. The second-order valence-electron chi connectivity index (χ2n) is 5.90. The molecule has 1 aliphatic rings. The van der Waals surface area contributed by atoms with Gasteiger partial charge in [0.05, 0.1) is 18.2 Å². The number of hydrogen-bond acceptors (Lipinski definition) is 5. The zero-order chi connectivity index (χ0) is 16.9. The standard InChI is InChI=1S/C17H20FN5O/c1-2-3-16-20-17(22-21-16)15-11-23(6-7-24-15)10-12-4-5-14(18)8-13(12)9-19/h4-5,8,15H,2-3,6-7,10-11H2,1H3,(H,20,21,22). The van der Waals surface area contributed by atoms with E-state index in [0.717, 1.165) is 30.8 Å². The van der Waals surface area contributed by atoms with Crippen LogP contribution in [0, 0.1) is 17.1 Å². The molecule has 0 aliphatic carbocycles. The van der Waals surface area contributed by atoms with E-state index in [2.05, 4.69) is 33.1 Å². The lowest BCUT2D eigenvalue weighted by molar-refractivity contribution is -0.0371. The van der Waals surface area contributed by atoms with Crippen molar-refractivity contribution in [1.29, 1.82) is 5.26 Å². The van der Waals surface area contributed by atoms with E-state index < -0.39 is 0 Å². The number of benzene rings is 1. The molecule has 2 heterocycles. The van der Waals surface area contributed by atoms with E-state index in [0.29, 0.717) is 31.1 Å². The molecule has 0 saturated carbocycles. The molecule has 0 bridgehead atoms. The van der Waals surface area contributed by atoms with Crippen LogP contribution in [0.1, 0.15) is 42.2 Å². The Bertz CT molecular complexity index is 739. The van der Waals surface area contributed by atoms with Crippen LogP contribution in [0.15, 0.2) is 18.2 Å². The van der Waals surface area contributed by atoms with E-state index in [9.17, 15) is 9.65 Å². The largest absolute Gasteiger partial charge is 0.367 e. The summed E-state index contributed by atoms with van der Waals surface area (Å²) in [6.07, 6.45) is 1.68. The molecule has 24 heavy (non-hydrogen) atoms. The van der Waals surface area contributed by atoms with E-state index in [1.807, 2.05) is 0 Å². The van der Waals surface area contributed by atoms with Crippen molar-refractivity contribution >= 4 is 0 Å². The van der Waals surface area contributed by atoms with Gasteiger partial charge in [-0.1, -0.05) is 13.0 Å². The van der Waals surface area contributed by atoms with Gasteiger partial charge in [-0.3, -0.25) is 10.00 Å². The normalized spacial score (nSPS) is 18.5. The molecule has 0 spiro atoms. The molecule has 1 aromatic heterocycles. The van der Waals surface area contributed by atoms with Crippen molar-refractivity contribution in [2.45, 2.75) is 32.4 Å². The molecule has 1 N–H and O–H groups in total. The third kappa shape index (κ3) is 3.78. The summed E-state index contributed by atoms with van der Waals surface area (Å²) in [5, 5.41) is 16.4. The van der Waals surface area contributed by atoms with Crippen molar-refractivity contribution in [3.05, 3.63) is 46.8 Å². The number of morpholine rings is 1. The quantitative estimate of drug-likeness (QED) is 0.911. The number of aromatic amines is 1. The van der Waals surface area contributed by atoms with Gasteiger partial charge in [-0.2, -0.15) is 10.4 Å². The van der Waals surface area contributed by atoms with Crippen molar-refractivity contribution < 1.29 is 9.13 Å². The number of aromatic nitrogens is 3. The van der Waals surface area contributed by atoms with Gasteiger partial charge in [0.1, 0.15) is 17.7 Å². The summed E-state index contributed by atoms with van der Waals surface area (Å²) in [4.78, 5) is 6.67. The van der Waals surface area contributed by atoms with Gasteiger partial charge in [0.15, 0.2) is 5.82 Å². The molecular weight excluding hydrogens is 309 g/mol. The lowest BCUT2D eigenvalue weighted by Gasteiger charge is -2.31. The van der Waals surface area contributed by atoms with Crippen LogP contribution in [0.3, 0.4) is 0 Å². The molecule has 126 valence electrons. The number of nitrogens with one attached hydrogen (secondary N) is 1. The minimum absolute atomic E-state index is 0.188. The highest BCUT2D eigenvalue weighted by molar-refractivity contribution is 5.37. The Morgan fingerprint density at radius 1 is 1.50 bits per heavy atom. The van der Waals surface area contributed by atoms with Crippen LogP contribution in [0.25, 0.3) is 0 Å². The third-order valence-electron chi connectivity index (χ3n) is 4.06. The van der Waals surface area contributed by atoms with Gasteiger partial charge in [0.25, 0.3) is 0 Å². The van der Waals surface area contributed by atoms with Crippen molar-refractivity contribution in [2.75, 3.05) is 19.7 Å². The summed E-state index contributed by atoms with van der Waals surface area (Å²) in [5.41, 5.74) is 1.20. The maximum atomic E-state index is 13.3. The van der Waals surface area contributed by atoms with Gasteiger partial charge in [-0.05, 0) is 24.1 Å². The van der Waals surface area contributed by atoms with Gasteiger partial charge >= 0.3 is 0 Å². The predicted octanol–water partition coefficient (Wildman–Crippen LogP) is 2.34. The molecule has 1 aliphatic heterocycles. The number of aryl methyl sites for hydroxylation is 1. The fourth-order valence-electron chi connectivity index (χ4n) is 2.84. The number of nitrogens with zero attached hydrogens (tertiary/aromatic N) is 4. The van der Waals surface area contributed by atoms with E-state index in [-0.39, 0.29) is 11.9 Å². The van der Waals surface area contributed by atoms with Crippen molar-refractivity contribution in [1.82, 2.24) is 20.1 Å². The molecule has 3 rings (SSSR count). The topological polar surface area (TPSA) is 77.8 Å². The van der Waals surface area contributed by atoms with Crippen LogP contribution in [-0.2, 0) is 17.7 Å². The summed E-state index contributed by atoms with van der Waals surface area (Å²) < 4.78 is 19.0. The molecule has 1 aromatic carbocycles. The Morgan fingerprint density at radius 2 is 2.38 bits per heavy atom. The number of rotatable bonds is 5. The molecular formula is C17H20FN5O. The maximum absolute atomic E-state index is 13.3. The number of halogens is 1. The smallest absolute Gasteiger partial charge is 0.180 e. The monoisotopic (exact) mass is 329 g/mol. The fourth-order valence-corrected chi connectivity index (χ4v) is 2.84. The summed E-state index contributed by atoms with van der Waals surface area (Å²) in [7, 11) is 0. The van der Waals surface area contributed by atoms with Gasteiger partial charge in [0.2, 0.25) is 0 Å². The average molecular weight is 329 g/mol. The zero-order valence-electron chi connectivity index (χ0n) is 13.6. The summed E-state index contributed by atoms with van der Waals surface area (Å²) in [6.45, 7) is 4.65. The van der Waals surface area contributed by atoms with E-state index in [4.69, 9.17) is 4.74 Å². The highest BCUT2D eigenvalue weighted by Gasteiger charge is 2.25. The average Bonchev–Trinajstić information content (AvgIpc) is 3.06. The first-order chi connectivity index (χ1) is 11.7. The number of hydrogen-bond donors (Lipinski definition) is 1. The molecule has 6 nitrogen and oxygen atoms in total. The van der Waals surface area contributed by atoms with E-state index >= 15 is 0 Å². The third-order valence-corrected chi connectivity index (χ3v) is 4.06. The van der Waals surface area contributed by atoms with Crippen molar-refractivity contribution in [3.8, 4) is 6.07 Å². The molecule has 1 unspecified atom stereocenters. The SMILES string of the molecule is CCCc1nc(C2CN(Cc3ccc(F)cc3C#N)CCO2)n[nH]1. The van der Waals surface area contributed by atoms with Crippen LogP contribution in [-0.4, -0.2) is 39.8 Å². The second-order valence-corrected chi connectivity index (χ2v) is 5.90. The summed E-state index contributed by atoms with van der Waals surface area (Å²) in [5.74, 6) is 1.15. The van der Waals surface area contributed by atoms with Gasteiger partial charge in [-0.25, -0.2) is 9.37 Å². The van der Waals surface area contributed by atoms with Crippen LogP contribution in [0.4, 0.5) is 4.39 Å². The molecule has 0 radical (unpaired) electrons. The van der Waals surface area contributed by atoms with Gasteiger partial charge < -0.3 is 4.74 Å². The minimum Gasteiger partial charge on any atom is -0.367 e. The Labute approximate surface area is 140 Å². The van der Waals surface area contributed by atoms with Crippen LogP contribution >= 0.6 is 0 Å². The molecule has 1 fully saturated rings. The highest BCUT2D eigenvalue weighted by atomic mass is 19.1. The Morgan fingerprint density at radius 3 is 3.17 bits per heavy atom. The minimum atomic E-state index is -0.390. The molecule has 1 saturated heterocycles. The van der Waals surface area contributed by atoms with Crippen LogP contribution in [0.5, 0.6) is 0 Å². The maximum Gasteiger partial charge on any atom is 0.180 e. The molecule has 1 atom stereocenters. The first kappa shape index (κ1) is 16.6. The van der Waals surface area contributed by atoms with Crippen LogP contribution < -0.4 is 0 Å². The van der Waals surface area contributed by atoms with Crippen LogP contribution in [0.2, 0.25) is 0 Å². The lowest BCUT2D eigenvalue weighted by atomic mass is 10.1. The van der Waals surface area contributed by atoms with Crippen molar-refractivity contribution in [3.63, 3.8) is 0 Å². The Hall–Kier alpha value is -2.30. The number of H-pyrrole nitrogens is 1. The van der Waals surface area contributed by atoms with E-state index in [1.54, 1.807) is 6.07 Å². The fraction of sp³-hybridized carbons (Fsp3) is 0.471. The van der Waals surface area contributed by atoms with Crippen molar-refractivity contribution in [2.24, 2.45) is 0 Å². The Balaban J connectivity index is 1.68. The summed E-state index contributed by atoms with van der Waals surface area (Å²) in [6, 6.07) is 6.40.